The van der Waals surface area contributed by atoms with E-state index in [0.29, 0.717) is 12.5 Å². The summed E-state index contributed by atoms with van der Waals surface area (Å²) < 4.78 is 6.93. The van der Waals surface area contributed by atoms with Crippen molar-refractivity contribution in [1.82, 2.24) is 9.88 Å². The van der Waals surface area contributed by atoms with Gasteiger partial charge in [-0.2, -0.15) is 0 Å². The number of oxime groups is 1. The van der Waals surface area contributed by atoms with Crippen LogP contribution in [0.2, 0.25) is 0 Å². The van der Waals surface area contributed by atoms with E-state index in [9.17, 15) is 0 Å². The molecule has 0 bridgehead atoms. The largest absolute Gasteiger partial charge is 0.474 e. The lowest BCUT2D eigenvalue weighted by Crippen LogP contribution is -2.25. The fourth-order valence-corrected chi connectivity index (χ4v) is 2.98. The Morgan fingerprint density at radius 3 is 2.81 bits per heavy atom. The number of rotatable bonds is 8. The molecular formula is C19H26BrClN4O2. The molecular weight excluding hydrogens is 432 g/mol. The average Bonchev–Trinajstić information content (AvgIpc) is 2.67. The van der Waals surface area contributed by atoms with Gasteiger partial charge in [-0.25, -0.2) is 9.98 Å². The molecule has 0 N–H and O–H groups in total. The topological polar surface area (TPSA) is 59.3 Å². The molecule has 1 aromatic rings. The van der Waals surface area contributed by atoms with Crippen LogP contribution in [0.1, 0.15) is 38.3 Å². The van der Waals surface area contributed by atoms with E-state index in [-0.39, 0.29) is 6.10 Å². The molecule has 0 radical (unpaired) electrons. The van der Waals surface area contributed by atoms with Gasteiger partial charge >= 0.3 is 0 Å². The third-order valence-electron chi connectivity index (χ3n) is 4.24. The van der Waals surface area contributed by atoms with E-state index in [1.54, 1.807) is 6.08 Å². The molecule has 1 aliphatic carbocycles. The Morgan fingerprint density at radius 2 is 2.15 bits per heavy atom. The Hall–Kier alpha value is -1.60. The third-order valence-corrected chi connectivity index (χ3v) is 4.99. The van der Waals surface area contributed by atoms with Crippen molar-refractivity contribution in [2.45, 2.75) is 45.6 Å². The van der Waals surface area contributed by atoms with Crippen molar-refractivity contribution in [3.8, 4) is 5.88 Å². The predicted molar refractivity (Wildman–Crippen MR) is 114 cm³/mol. The van der Waals surface area contributed by atoms with Crippen LogP contribution in [-0.2, 0) is 4.84 Å². The van der Waals surface area contributed by atoms with E-state index in [1.165, 1.54) is 5.54 Å². The summed E-state index contributed by atoms with van der Waals surface area (Å²) in [7, 11) is 1.99. The number of hydrogen-bond donors (Lipinski definition) is 0. The summed E-state index contributed by atoms with van der Waals surface area (Å²) in [5.41, 5.74) is 4.16. The number of ether oxygens (including phenoxy) is 1. The Morgan fingerprint density at radius 1 is 1.41 bits per heavy atom. The van der Waals surface area contributed by atoms with Gasteiger partial charge in [-0.1, -0.05) is 16.8 Å². The summed E-state index contributed by atoms with van der Waals surface area (Å²) in [6.45, 7) is 5.31. The normalized spacial score (nSPS) is 17.5. The monoisotopic (exact) mass is 456 g/mol. The molecule has 1 aliphatic rings. The highest BCUT2D eigenvalue weighted by molar-refractivity contribution is 9.10. The highest BCUT2D eigenvalue weighted by Crippen LogP contribution is 2.32. The van der Waals surface area contributed by atoms with Gasteiger partial charge in [0.05, 0.1) is 27.9 Å². The van der Waals surface area contributed by atoms with Gasteiger partial charge in [0.15, 0.2) is 0 Å². The van der Waals surface area contributed by atoms with Gasteiger partial charge in [0.2, 0.25) is 5.88 Å². The zero-order valence-corrected chi connectivity index (χ0v) is 18.3. The second-order valence-electron chi connectivity index (χ2n) is 6.33. The maximum atomic E-state index is 6.12. The minimum atomic E-state index is 0.121. The van der Waals surface area contributed by atoms with Gasteiger partial charge < -0.3 is 14.5 Å². The van der Waals surface area contributed by atoms with Crippen LogP contribution in [0.5, 0.6) is 5.88 Å². The molecule has 6 nitrogen and oxygen atoms in total. The summed E-state index contributed by atoms with van der Waals surface area (Å²) in [6, 6.07) is 1.95. The first kappa shape index (κ1) is 21.7. The zero-order valence-electron chi connectivity index (χ0n) is 16.0. The Labute approximate surface area is 174 Å². The summed E-state index contributed by atoms with van der Waals surface area (Å²) >= 11 is 9.00. The maximum absolute atomic E-state index is 6.12. The van der Waals surface area contributed by atoms with Crippen LogP contribution < -0.4 is 4.74 Å². The minimum Gasteiger partial charge on any atom is -0.474 e. The van der Waals surface area contributed by atoms with E-state index in [1.807, 2.05) is 31.3 Å². The Balaban J connectivity index is 1.93. The zero-order chi connectivity index (χ0) is 19.6. The lowest BCUT2D eigenvalue weighted by atomic mass is 9.96. The average molecular weight is 458 g/mol. The highest BCUT2D eigenvalue weighted by atomic mass is 79.9. The Bertz CT molecular complexity index is 699. The lowest BCUT2D eigenvalue weighted by Gasteiger charge is -2.24. The summed E-state index contributed by atoms with van der Waals surface area (Å²) in [4.78, 5) is 16.3. The van der Waals surface area contributed by atoms with Crippen molar-refractivity contribution in [3.63, 3.8) is 0 Å². The molecule has 8 heteroatoms. The van der Waals surface area contributed by atoms with Gasteiger partial charge in [-0.3, -0.25) is 0 Å². The van der Waals surface area contributed by atoms with Gasteiger partial charge in [0.1, 0.15) is 12.7 Å². The first-order chi connectivity index (χ1) is 13.0. The van der Waals surface area contributed by atoms with Crippen molar-refractivity contribution >= 4 is 45.3 Å². The molecule has 148 valence electrons. The van der Waals surface area contributed by atoms with Crippen molar-refractivity contribution in [2.75, 3.05) is 20.2 Å². The van der Waals surface area contributed by atoms with Crippen LogP contribution in [-0.4, -0.2) is 48.2 Å². The van der Waals surface area contributed by atoms with Crippen LogP contribution in [0.4, 0.5) is 5.69 Å². The fraction of sp³-hybridized carbons (Fsp3) is 0.526. The third kappa shape index (κ3) is 7.14. The SMILES string of the molecule is CCN(C)/C=N/c1cc(Br)c(OC2CCC(=NOC/C=C/Cl)CC2)nc1C. The smallest absolute Gasteiger partial charge is 0.228 e. The second kappa shape index (κ2) is 11.3. The molecule has 0 atom stereocenters. The molecule has 0 saturated heterocycles. The van der Waals surface area contributed by atoms with Crippen LogP contribution >= 0.6 is 27.5 Å². The minimum absolute atomic E-state index is 0.121. The first-order valence-electron chi connectivity index (χ1n) is 9.04. The number of halogens is 2. The van der Waals surface area contributed by atoms with E-state index in [4.69, 9.17) is 21.2 Å². The quantitative estimate of drug-likeness (QED) is 0.233. The van der Waals surface area contributed by atoms with Gasteiger partial charge in [0.25, 0.3) is 0 Å². The molecule has 0 amide bonds. The van der Waals surface area contributed by atoms with E-state index in [0.717, 1.165) is 53.8 Å². The van der Waals surface area contributed by atoms with Crippen molar-refractivity contribution in [2.24, 2.45) is 10.1 Å². The first-order valence-corrected chi connectivity index (χ1v) is 10.3. The summed E-state index contributed by atoms with van der Waals surface area (Å²) in [5.74, 6) is 0.615. The van der Waals surface area contributed by atoms with E-state index >= 15 is 0 Å². The molecule has 27 heavy (non-hydrogen) atoms. The lowest BCUT2D eigenvalue weighted by molar-refractivity contribution is 0.156. The van der Waals surface area contributed by atoms with Gasteiger partial charge in [-0.15, -0.1) is 0 Å². The van der Waals surface area contributed by atoms with Crippen molar-refractivity contribution in [1.29, 1.82) is 0 Å². The van der Waals surface area contributed by atoms with Crippen LogP contribution in [0.15, 0.2) is 32.3 Å². The maximum Gasteiger partial charge on any atom is 0.228 e. The van der Waals surface area contributed by atoms with Crippen LogP contribution in [0.3, 0.4) is 0 Å². The number of pyridine rings is 1. The van der Waals surface area contributed by atoms with Gasteiger partial charge in [0, 0.05) is 19.1 Å². The molecule has 0 aromatic carbocycles. The number of aryl methyl sites for hydroxylation is 1. The summed E-state index contributed by atoms with van der Waals surface area (Å²) in [5, 5.41) is 4.15. The van der Waals surface area contributed by atoms with Crippen molar-refractivity contribution in [3.05, 3.63) is 27.8 Å². The number of hydrogen-bond acceptors (Lipinski definition) is 5. The molecule has 1 heterocycles. The Kier molecular flexibility index (Phi) is 9.07. The molecule has 1 aromatic heterocycles. The molecule has 1 fully saturated rings. The molecule has 0 aliphatic heterocycles. The summed E-state index contributed by atoms with van der Waals surface area (Å²) in [6.07, 6.45) is 7.14. The number of aromatic nitrogens is 1. The molecule has 0 spiro atoms. The predicted octanol–water partition coefficient (Wildman–Crippen LogP) is 5.21. The van der Waals surface area contributed by atoms with Crippen LogP contribution in [0.25, 0.3) is 0 Å². The fourth-order valence-electron chi connectivity index (χ4n) is 2.50. The highest BCUT2D eigenvalue weighted by Gasteiger charge is 2.21. The molecule has 0 unspecified atom stereocenters. The second-order valence-corrected chi connectivity index (χ2v) is 7.44. The molecule has 1 saturated carbocycles. The standard InChI is InChI=1S/C19H26BrClN4O2/c1-4-25(3)13-22-18-12-17(20)19(23-14(18)2)27-16-8-6-15(7-9-16)24-26-11-5-10-21/h5,10,12-13,16H,4,6-9,11H2,1-3H3/b10-5+,22-13+,24-15?. The van der Waals surface area contributed by atoms with E-state index < -0.39 is 0 Å². The van der Waals surface area contributed by atoms with Gasteiger partial charge in [-0.05, 0) is 67.6 Å². The number of nitrogens with zero attached hydrogens (tertiary/aromatic N) is 4. The van der Waals surface area contributed by atoms with E-state index in [2.05, 4.69) is 38.0 Å². The molecule has 2 rings (SSSR count). The van der Waals surface area contributed by atoms with Crippen molar-refractivity contribution < 1.29 is 9.57 Å². The number of aliphatic imine (C=N–C) groups is 1. The van der Waals surface area contributed by atoms with Crippen LogP contribution in [0, 0.1) is 6.92 Å².